The van der Waals surface area contributed by atoms with Crippen LogP contribution in [-0.4, -0.2) is 51.9 Å². The summed E-state index contributed by atoms with van der Waals surface area (Å²) < 4.78 is 0. The molecule has 1 aromatic carbocycles. The molecule has 0 bridgehead atoms. The van der Waals surface area contributed by atoms with Crippen LogP contribution in [0.4, 0.5) is 0 Å². The van der Waals surface area contributed by atoms with Crippen molar-refractivity contribution in [2.75, 3.05) is 20.1 Å². The van der Waals surface area contributed by atoms with Gasteiger partial charge in [0.1, 0.15) is 5.69 Å². The highest BCUT2D eigenvalue weighted by Gasteiger charge is 2.31. The van der Waals surface area contributed by atoms with E-state index in [4.69, 9.17) is 0 Å². The average molecular weight is 413 g/mol. The fourth-order valence-corrected chi connectivity index (χ4v) is 4.54. The molecule has 1 amide bonds. The number of aromatic nitrogens is 2. The van der Waals surface area contributed by atoms with Crippen LogP contribution < -0.4 is 0 Å². The second kappa shape index (κ2) is 8.50. The van der Waals surface area contributed by atoms with Gasteiger partial charge in [-0.25, -0.2) is 4.98 Å². The van der Waals surface area contributed by atoms with E-state index in [-0.39, 0.29) is 5.91 Å². The number of hydrogen-bond acceptors (Lipinski definition) is 4. The molecule has 5 rings (SSSR count). The highest BCUT2D eigenvalue weighted by Crippen LogP contribution is 2.35. The molecule has 31 heavy (non-hydrogen) atoms. The summed E-state index contributed by atoms with van der Waals surface area (Å²) >= 11 is 0. The van der Waals surface area contributed by atoms with Crippen molar-refractivity contribution >= 4 is 5.91 Å². The van der Waals surface area contributed by atoms with Crippen LogP contribution in [-0.2, 0) is 0 Å². The number of nitrogens with zero attached hydrogens (tertiary/aromatic N) is 4. The normalized spacial score (nSPS) is 19.6. The van der Waals surface area contributed by atoms with Crippen LogP contribution in [0, 0.1) is 5.92 Å². The van der Waals surface area contributed by atoms with Gasteiger partial charge in [-0.3, -0.25) is 9.78 Å². The minimum Gasteiger partial charge on any atom is -0.373 e. The Morgan fingerprint density at radius 3 is 2.77 bits per heavy atom. The van der Waals surface area contributed by atoms with Gasteiger partial charge in [0.05, 0.1) is 6.04 Å². The Kier molecular flexibility index (Phi) is 5.41. The molecule has 1 unspecified atom stereocenters. The lowest BCUT2D eigenvalue weighted by atomic mass is 9.94. The average Bonchev–Trinajstić information content (AvgIpc) is 3.59. The van der Waals surface area contributed by atoms with Crippen molar-refractivity contribution in [2.45, 2.75) is 31.7 Å². The van der Waals surface area contributed by atoms with Crippen LogP contribution in [0.25, 0.3) is 11.3 Å². The van der Waals surface area contributed by atoms with Gasteiger partial charge in [0.2, 0.25) is 0 Å². The largest absolute Gasteiger partial charge is 0.373 e. The molecule has 5 heteroatoms. The number of rotatable bonds is 7. The highest BCUT2D eigenvalue weighted by molar-refractivity contribution is 5.98. The molecule has 2 heterocycles. The number of benzene rings is 1. The van der Waals surface area contributed by atoms with Gasteiger partial charge in [-0.2, -0.15) is 0 Å². The number of amides is 1. The van der Waals surface area contributed by atoms with E-state index >= 15 is 0 Å². The molecule has 1 aromatic heterocycles. The second-order valence-corrected chi connectivity index (χ2v) is 8.69. The Morgan fingerprint density at radius 2 is 1.97 bits per heavy atom. The van der Waals surface area contributed by atoms with Gasteiger partial charge in [-0.15, -0.1) is 0 Å². The zero-order valence-electron chi connectivity index (χ0n) is 17.9. The third-order valence-electron chi connectivity index (χ3n) is 6.41. The van der Waals surface area contributed by atoms with Gasteiger partial charge in [0.15, 0.2) is 5.69 Å². The molecule has 0 spiro atoms. The Morgan fingerprint density at radius 1 is 1.16 bits per heavy atom. The van der Waals surface area contributed by atoms with Crippen molar-refractivity contribution in [1.29, 1.82) is 0 Å². The maximum atomic E-state index is 13.6. The number of likely N-dealkylation sites (N-methyl/N-ethyl adjacent to an activating group) is 1. The minimum absolute atomic E-state index is 0.0140. The van der Waals surface area contributed by atoms with Gasteiger partial charge in [-0.1, -0.05) is 48.6 Å². The first-order valence-electron chi connectivity index (χ1n) is 11.2. The number of carbonyl (C=O) groups excluding carboxylic acids is 1. The maximum Gasteiger partial charge on any atom is 0.274 e. The van der Waals surface area contributed by atoms with E-state index in [1.165, 1.54) is 24.0 Å². The zero-order chi connectivity index (χ0) is 21.2. The molecule has 158 valence electrons. The van der Waals surface area contributed by atoms with Crippen molar-refractivity contribution in [1.82, 2.24) is 19.8 Å². The van der Waals surface area contributed by atoms with E-state index in [2.05, 4.69) is 46.3 Å². The third kappa shape index (κ3) is 4.18. The summed E-state index contributed by atoms with van der Waals surface area (Å²) in [5.41, 5.74) is 4.77. The van der Waals surface area contributed by atoms with Crippen LogP contribution in [0.15, 0.2) is 78.3 Å². The lowest BCUT2D eigenvalue weighted by molar-refractivity contribution is 0.0744. The predicted molar refractivity (Wildman–Crippen MR) is 122 cm³/mol. The molecule has 1 fully saturated rings. The summed E-state index contributed by atoms with van der Waals surface area (Å²) in [5.74, 6) is 0.602. The van der Waals surface area contributed by atoms with Crippen molar-refractivity contribution in [3.63, 3.8) is 0 Å². The SMILES string of the molecule is CN1C=C(CCN(CC2CC2)C(=O)c2nccnc2-c2ccccc2)C2=CC=CCC21. The molecule has 1 saturated carbocycles. The summed E-state index contributed by atoms with van der Waals surface area (Å²) in [6, 6.07) is 10.3. The van der Waals surface area contributed by atoms with E-state index in [1.54, 1.807) is 12.4 Å². The third-order valence-corrected chi connectivity index (χ3v) is 6.41. The van der Waals surface area contributed by atoms with Crippen LogP contribution >= 0.6 is 0 Å². The van der Waals surface area contributed by atoms with Crippen LogP contribution in [0.2, 0.25) is 0 Å². The molecule has 0 radical (unpaired) electrons. The maximum absolute atomic E-state index is 13.6. The summed E-state index contributed by atoms with van der Waals surface area (Å²) in [6.45, 7) is 1.50. The Bertz CT molecular complexity index is 1050. The molecular formula is C26H28N4O. The molecule has 1 aliphatic heterocycles. The number of hydrogen-bond donors (Lipinski definition) is 0. The quantitative estimate of drug-likeness (QED) is 0.673. The van der Waals surface area contributed by atoms with Crippen molar-refractivity contribution in [3.05, 3.63) is 84.0 Å². The zero-order valence-corrected chi connectivity index (χ0v) is 17.9. The number of allylic oxidation sites excluding steroid dienone is 2. The fourth-order valence-electron chi connectivity index (χ4n) is 4.54. The van der Waals surface area contributed by atoms with E-state index in [1.807, 2.05) is 35.2 Å². The lowest BCUT2D eigenvalue weighted by Gasteiger charge is -2.25. The summed E-state index contributed by atoms with van der Waals surface area (Å²) in [4.78, 5) is 26.9. The molecule has 2 aromatic rings. The van der Waals surface area contributed by atoms with Crippen molar-refractivity contribution < 1.29 is 4.79 Å². The van der Waals surface area contributed by atoms with Gasteiger partial charge in [0, 0.05) is 44.3 Å². The Hall–Kier alpha value is -3.21. The molecular weight excluding hydrogens is 384 g/mol. The number of carbonyl (C=O) groups is 1. The second-order valence-electron chi connectivity index (χ2n) is 8.69. The molecule has 0 saturated heterocycles. The number of fused-ring (bicyclic) bond motifs is 1. The molecule has 5 nitrogen and oxygen atoms in total. The van der Waals surface area contributed by atoms with E-state index < -0.39 is 0 Å². The molecule has 0 N–H and O–H groups in total. The van der Waals surface area contributed by atoms with E-state index in [0.717, 1.165) is 24.9 Å². The minimum atomic E-state index is -0.0140. The first-order valence-corrected chi connectivity index (χ1v) is 11.2. The first kappa shape index (κ1) is 19.7. The van der Waals surface area contributed by atoms with Gasteiger partial charge >= 0.3 is 0 Å². The molecule has 3 aliphatic rings. The van der Waals surface area contributed by atoms with Gasteiger partial charge < -0.3 is 9.80 Å². The van der Waals surface area contributed by atoms with Crippen LogP contribution in [0.3, 0.4) is 0 Å². The standard InChI is InChI=1S/C26H28N4O/c1-29-18-21(22-9-5-6-10-23(22)29)13-16-30(17-19-11-12-19)26(31)25-24(27-14-15-28-25)20-7-3-2-4-8-20/h2-9,14-15,18-19,23H,10-13,16-17H2,1H3. The van der Waals surface area contributed by atoms with E-state index in [9.17, 15) is 4.79 Å². The van der Waals surface area contributed by atoms with E-state index in [0.29, 0.717) is 29.9 Å². The molecule has 1 atom stereocenters. The summed E-state index contributed by atoms with van der Waals surface area (Å²) in [7, 11) is 2.14. The molecule has 2 aliphatic carbocycles. The summed E-state index contributed by atoms with van der Waals surface area (Å²) in [6.07, 6.45) is 16.5. The van der Waals surface area contributed by atoms with Gasteiger partial charge in [-0.05, 0) is 42.7 Å². The van der Waals surface area contributed by atoms with Crippen LogP contribution in [0.1, 0.15) is 36.2 Å². The Balaban J connectivity index is 1.38. The van der Waals surface area contributed by atoms with Crippen molar-refractivity contribution in [2.24, 2.45) is 5.92 Å². The smallest absolute Gasteiger partial charge is 0.274 e. The van der Waals surface area contributed by atoms with Crippen LogP contribution in [0.5, 0.6) is 0 Å². The monoisotopic (exact) mass is 412 g/mol. The topological polar surface area (TPSA) is 49.3 Å². The first-order chi connectivity index (χ1) is 15.2. The Labute approximate surface area is 183 Å². The van der Waals surface area contributed by atoms with Crippen molar-refractivity contribution in [3.8, 4) is 11.3 Å². The lowest BCUT2D eigenvalue weighted by Crippen LogP contribution is -2.35. The van der Waals surface area contributed by atoms with Gasteiger partial charge in [0.25, 0.3) is 5.91 Å². The predicted octanol–water partition coefficient (Wildman–Crippen LogP) is 4.47. The highest BCUT2D eigenvalue weighted by atomic mass is 16.2. The fraction of sp³-hybridized carbons (Fsp3) is 0.346. The summed E-state index contributed by atoms with van der Waals surface area (Å²) in [5, 5.41) is 0.